The second-order valence-electron chi connectivity index (χ2n) is 7.97. The average Bonchev–Trinajstić information content (AvgIpc) is 3.20. The van der Waals surface area contributed by atoms with Gasteiger partial charge in [0.2, 0.25) is 10.0 Å². The number of aliphatic imine (C=N–C) groups is 1. The predicted molar refractivity (Wildman–Crippen MR) is 134 cm³/mol. The molecule has 3 heterocycles. The average molecular weight is 487 g/mol. The van der Waals surface area contributed by atoms with E-state index >= 15 is 0 Å². The molecule has 0 unspecified atom stereocenters. The Hall–Kier alpha value is -1.81. The zero-order chi connectivity index (χ0) is 22.1. The van der Waals surface area contributed by atoms with Crippen molar-refractivity contribution in [2.75, 3.05) is 13.1 Å². The van der Waals surface area contributed by atoms with Crippen LogP contribution in [0.4, 0.5) is 5.69 Å². The Morgan fingerprint density at radius 2 is 1.91 bits per heavy atom. The second kappa shape index (κ2) is 9.21. The molecule has 1 fully saturated rings. The molecule has 0 radical (unpaired) electrons. The van der Waals surface area contributed by atoms with E-state index < -0.39 is 10.0 Å². The van der Waals surface area contributed by atoms with Gasteiger partial charge < -0.3 is 4.57 Å². The Morgan fingerprint density at radius 1 is 1.09 bits per heavy atom. The van der Waals surface area contributed by atoms with Crippen LogP contribution in [0.2, 0.25) is 0 Å². The quantitative estimate of drug-likeness (QED) is 0.483. The number of benzene rings is 2. The van der Waals surface area contributed by atoms with E-state index in [1.807, 2.05) is 12.1 Å². The summed E-state index contributed by atoms with van der Waals surface area (Å²) in [4.78, 5) is 9.96. The topological polar surface area (TPSA) is 67.6 Å². The SMILES string of the molecule is CCn1c(CSC2=Nc3ccccc3CS2)nc2cc(S(=O)(=O)N3CCCCC3)ccc21. The van der Waals surface area contributed by atoms with Gasteiger partial charge in [0.05, 0.1) is 27.4 Å². The van der Waals surface area contributed by atoms with E-state index in [0.717, 1.165) is 58.5 Å². The number of hydrogen-bond donors (Lipinski definition) is 0. The molecule has 0 N–H and O–H groups in total. The molecule has 1 saturated heterocycles. The molecule has 2 aliphatic heterocycles. The molecule has 2 aromatic carbocycles. The maximum Gasteiger partial charge on any atom is 0.243 e. The summed E-state index contributed by atoms with van der Waals surface area (Å²) in [6.07, 6.45) is 2.96. The molecule has 168 valence electrons. The van der Waals surface area contributed by atoms with Gasteiger partial charge in [-0.2, -0.15) is 4.31 Å². The Kier molecular flexibility index (Phi) is 6.33. The lowest BCUT2D eigenvalue weighted by molar-refractivity contribution is 0.346. The fourth-order valence-electron chi connectivity index (χ4n) is 4.25. The van der Waals surface area contributed by atoms with E-state index in [2.05, 4.69) is 29.7 Å². The summed E-state index contributed by atoms with van der Waals surface area (Å²) in [5.41, 5.74) is 4.03. The van der Waals surface area contributed by atoms with Gasteiger partial charge in [-0.1, -0.05) is 48.1 Å². The van der Waals surface area contributed by atoms with Crippen LogP contribution < -0.4 is 0 Å². The highest BCUT2D eigenvalue weighted by molar-refractivity contribution is 8.38. The summed E-state index contributed by atoms with van der Waals surface area (Å²) in [6.45, 7) is 4.09. The molecule has 9 heteroatoms. The zero-order valence-electron chi connectivity index (χ0n) is 18.0. The van der Waals surface area contributed by atoms with Gasteiger partial charge in [0.1, 0.15) is 10.2 Å². The molecule has 0 atom stereocenters. The lowest BCUT2D eigenvalue weighted by Gasteiger charge is -2.25. The maximum absolute atomic E-state index is 13.1. The van der Waals surface area contributed by atoms with Crippen molar-refractivity contribution < 1.29 is 8.42 Å². The maximum atomic E-state index is 13.1. The van der Waals surface area contributed by atoms with Crippen molar-refractivity contribution >= 4 is 54.6 Å². The molecule has 5 rings (SSSR count). The van der Waals surface area contributed by atoms with Crippen molar-refractivity contribution in [3.8, 4) is 0 Å². The monoisotopic (exact) mass is 486 g/mol. The number of nitrogens with zero attached hydrogens (tertiary/aromatic N) is 4. The lowest BCUT2D eigenvalue weighted by Crippen LogP contribution is -2.35. The molecule has 3 aromatic rings. The third kappa shape index (κ3) is 4.23. The summed E-state index contributed by atoms with van der Waals surface area (Å²) in [6, 6.07) is 13.6. The molecule has 0 saturated carbocycles. The molecule has 2 aliphatic rings. The molecule has 0 amide bonds. The first-order chi connectivity index (χ1) is 15.6. The Morgan fingerprint density at radius 3 is 2.72 bits per heavy atom. The highest BCUT2D eigenvalue weighted by atomic mass is 32.2. The molecule has 32 heavy (non-hydrogen) atoms. The summed E-state index contributed by atoms with van der Waals surface area (Å²) in [5, 5.41) is 0. The van der Waals surface area contributed by atoms with Crippen molar-refractivity contribution in [1.82, 2.24) is 13.9 Å². The van der Waals surface area contributed by atoms with Crippen LogP contribution in [0, 0.1) is 0 Å². The predicted octanol–water partition coefficient (Wildman–Crippen LogP) is 5.40. The van der Waals surface area contributed by atoms with Crippen LogP contribution in [0.1, 0.15) is 37.6 Å². The molecule has 6 nitrogen and oxygen atoms in total. The van der Waals surface area contributed by atoms with E-state index in [1.54, 1.807) is 40.0 Å². The zero-order valence-corrected chi connectivity index (χ0v) is 20.5. The van der Waals surface area contributed by atoms with Gasteiger partial charge in [-0.25, -0.2) is 18.4 Å². The van der Waals surface area contributed by atoms with Crippen LogP contribution in [0.25, 0.3) is 11.0 Å². The molecular weight excluding hydrogens is 460 g/mol. The van der Waals surface area contributed by atoms with Gasteiger partial charge in [0.25, 0.3) is 0 Å². The number of aryl methyl sites for hydroxylation is 1. The largest absolute Gasteiger partial charge is 0.328 e. The van der Waals surface area contributed by atoms with Gasteiger partial charge in [0, 0.05) is 25.4 Å². The minimum absolute atomic E-state index is 0.343. The van der Waals surface area contributed by atoms with E-state index in [0.29, 0.717) is 23.7 Å². The molecular formula is C23H26N4O2S3. The summed E-state index contributed by atoms with van der Waals surface area (Å²) in [5.74, 6) is 2.58. The number of fused-ring (bicyclic) bond motifs is 2. The number of sulfonamides is 1. The fraction of sp³-hybridized carbons (Fsp3) is 0.391. The van der Waals surface area contributed by atoms with Crippen molar-refractivity contribution in [1.29, 1.82) is 0 Å². The number of para-hydroxylation sites is 1. The van der Waals surface area contributed by atoms with E-state index in [4.69, 9.17) is 9.98 Å². The highest BCUT2D eigenvalue weighted by Gasteiger charge is 2.26. The highest BCUT2D eigenvalue weighted by Crippen LogP contribution is 2.36. The molecule has 1 aromatic heterocycles. The van der Waals surface area contributed by atoms with Crippen molar-refractivity contribution in [2.24, 2.45) is 4.99 Å². The minimum atomic E-state index is -3.47. The Balaban J connectivity index is 1.40. The van der Waals surface area contributed by atoms with Gasteiger partial charge in [-0.05, 0) is 49.6 Å². The van der Waals surface area contributed by atoms with Crippen molar-refractivity contribution in [3.63, 3.8) is 0 Å². The van der Waals surface area contributed by atoms with Crippen LogP contribution >= 0.6 is 23.5 Å². The fourth-order valence-corrected chi connectivity index (χ4v) is 7.80. The van der Waals surface area contributed by atoms with Crippen molar-refractivity contribution in [3.05, 3.63) is 53.9 Å². The minimum Gasteiger partial charge on any atom is -0.328 e. The number of piperidine rings is 1. The van der Waals surface area contributed by atoms with E-state index in [-0.39, 0.29) is 0 Å². The molecule has 0 bridgehead atoms. The third-order valence-electron chi connectivity index (χ3n) is 5.95. The normalized spacial score (nSPS) is 17.3. The second-order valence-corrected chi connectivity index (χ2v) is 12.1. The first-order valence-corrected chi connectivity index (χ1v) is 14.4. The van der Waals surface area contributed by atoms with Crippen LogP contribution in [-0.4, -0.2) is 39.7 Å². The van der Waals surface area contributed by atoms with E-state index in [9.17, 15) is 8.42 Å². The molecule has 0 spiro atoms. The Bertz CT molecular complexity index is 1280. The van der Waals surface area contributed by atoms with Crippen LogP contribution in [-0.2, 0) is 28.1 Å². The van der Waals surface area contributed by atoms with Gasteiger partial charge in [-0.15, -0.1) is 0 Å². The number of rotatable bonds is 5. The van der Waals surface area contributed by atoms with Crippen LogP contribution in [0.5, 0.6) is 0 Å². The van der Waals surface area contributed by atoms with Crippen LogP contribution in [0.3, 0.4) is 0 Å². The lowest BCUT2D eigenvalue weighted by atomic mass is 10.2. The summed E-state index contributed by atoms with van der Waals surface area (Å²) in [7, 11) is -3.47. The van der Waals surface area contributed by atoms with Gasteiger partial charge >= 0.3 is 0 Å². The number of aromatic nitrogens is 2. The summed E-state index contributed by atoms with van der Waals surface area (Å²) >= 11 is 3.45. The standard InChI is InChI=1S/C23H26N4O2S3/c1-2-27-21-11-10-18(32(28,29)26-12-6-3-7-13-26)14-20(21)24-22(27)16-31-23-25-19-9-5-4-8-17(19)15-30-23/h4-5,8-11,14H,2-3,6-7,12-13,15-16H2,1H3. The first-order valence-electron chi connectivity index (χ1n) is 11.0. The third-order valence-corrected chi connectivity index (χ3v) is 10.1. The van der Waals surface area contributed by atoms with Gasteiger partial charge in [0.15, 0.2) is 0 Å². The van der Waals surface area contributed by atoms with Crippen LogP contribution in [0.15, 0.2) is 52.4 Å². The number of imidazole rings is 1. The Labute approximate surface area is 197 Å². The molecule has 0 aliphatic carbocycles. The van der Waals surface area contributed by atoms with Crippen molar-refractivity contribution in [2.45, 2.75) is 49.1 Å². The number of hydrogen-bond acceptors (Lipinski definition) is 6. The summed E-state index contributed by atoms with van der Waals surface area (Å²) < 4.78 is 31.0. The van der Waals surface area contributed by atoms with Gasteiger partial charge in [-0.3, -0.25) is 0 Å². The first kappa shape index (κ1) is 22.0. The number of thioether (sulfide) groups is 2. The smallest absolute Gasteiger partial charge is 0.243 e. The van der Waals surface area contributed by atoms with E-state index in [1.165, 1.54) is 5.56 Å².